The third kappa shape index (κ3) is 3.30. The van der Waals surface area contributed by atoms with Gasteiger partial charge in [-0.05, 0) is 49.7 Å². The molecule has 1 aromatic heterocycles. The highest BCUT2D eigenvalue weighted by molar-refractivity contribution is 6.31. The SMILES string of the molecule is Cc1cc(Cl)ccc1NC(=O)c1c(-c2cccc(Cl)c2)noc1C. The molecule has 6 heteroatoms. The zero-order valence-corrected chi connectivity index (χ0v) is 14.6. The summed E-state index contributed by atoms with van der Waals surface area (Å²) in [4.78, 5) is 12.7. The summed E-state index contributed by atoms with van der Waals surface area (Å²) in [6.07, 6.45) is 0. The number of rotatable bonds is 3. The zero-order chi connectivity index (χ0) is 17.3. The van der Waals surface area contributed by atoms with Gasteiger partial charge >= 0.3 is 0 Å². The van der Waals surface area contributed by atoms with E-state index in [0.29, 0.717) is 32.8 Å². The van der Waals surface area contributed by atoms with Crippen LogP contribution in [0.1, 0.15) is 21.7 Å². The maximum absolute atomic E-state index is 12.7. The van der Waals surface area contributed by atoms with Gasteiger partial charge in [-0.1, -0.05) is 40.5 Å². The van der Waals surface area contributed by atoms with E-state index in [1.165, 1.54) is 0 Å². The molecule has 2 aromatic carbocycles. The number of benzene rings is 2. The van der Waals surface area contributed by atoms with Crippen LogP contribution in [-0.2, 0) is 0 Å². The molecular formula is C18H14Cl2N2O2. The van der Waals surface area contributed by atoms with Crippen molar-refractivity contribution < 1.29 is 9.32 Å². The van der Waals surface area contributed by atoms with Crippen molar-refractivity contribution in [1.29, 1.82) is 0 Å². The molecule has 1 N–H and O–H groups in total. The molecule has 24 heavy (non-hydrogen) atoms. The van der Waals surface area contributed by atoms with Gasteiger partial charge in [0.2, 0.25) is 0 Å². The topological polar surface area (TPSA) is 55.1 Å². The largest absolute Gasteiger partial charge is 0.360 e. The second-order valence-corrected chi connectivity index (χ2v) is 6.26. The fourth-order valence-corrected chi connectivity index (χ4v) is 2.84. The second-order valence-electron chi connectivity index (χ2n) is 5.39. The highest BCUT2D eigenvalue weighted by Gasteiger charge is 2.22. The number of anilines is 1. The first-order chi connectivity index (χ1) is 11.5. The molecule has 3 rings (SSSR count). The Bertz CT molecular complexity index is 919. The molecule has 0 unspecified atom stereocenters. The number of carbonyl (C=O) groups excluding carboxylic acids is 1. The van der Waals surface area contributed by atoms with Crippen molar-refractivity contribution in [1.82, 2.24) is 5.16 Å². The Morgan fingerprint density at radius 1 is 1.08 bits per heavy atom. The molecule has 1 heterocycles. The van der Waals surface area contributed by atoms with E-state index in [2.05, 4.69) is 10.5 Å². The Hall–Kier alpha value is -2.30. The molecule has 0 saturated carbocycles. The molecule has 3 aromatic rings. The monoisotopic (exact) mass is 360 g/mol. The highest BCUT2D eigenvalue weighted by Crippen LogP contribution is 2.28. The van der Waals surface area contributed by atoms with E-state index in [-0.39, 0.29) is 5.91 Å². The van der Waals surface area contributed by atoms with Gasteiger partial charge in [0.05, 0.1) is 0 Å². The third-order valence-corrected chi connectivity index (χ3v) is 4.09. The van der Waals surface area contributed by atoms with Crippen molar-refractivity contribution in [2.24, 2.45) is 0 Å². The number of hydrogen-bond acceptors (Lipinski definition) is 3. The van der Waals surface area contributed by atoms with Crippen LogP contribution in [0.3, 0.4) is 0 Å². The van der Waals surface area contributed by atoms with E-state index >= 15 is 0 Å². The molecule has 0 aliphatic heterocycles. The Kier molecular flexibility index (Phi) is 4.60. The summed E-state index contributed by atoms with van der Waals surface area (Å²) in [6.45, 7) is 3.57. The molecule has 4 nitrogen and oxygen atoms in total. The molecule has 0 radical (unpaired) electrons. The van der Waals surface area contributed by atoms with Crippen molar-refractivity contribution in [3.63, 3.8) is 0 Å². The van der Waals surface area contributed by atoms with Crippen molar-refractivity contribution >= 4 is 34.8 Å². The molecule has 122 valence electrons. The molecule has 0 bridgehead atoms. The summed E-state index contributed by atoms with van der Waals surface area (Å²) in [5.41, 5.74) is 3.11. The Morgan fingerprint density at radius 2 is 1.83 bits per heavy atom. The van der Waals surface area contributed by atoms with Gasteiger partial charge in [-0.25, -0.2) is 0 Å². The quantitative estimate of drug-likeness (QED) is 0.669. The Balaban J connectivity index is 1.97. The van der Waals surface area contributed by atoms with E-state index in [0.717, 1.165) is 11.1 Å². The van der Waals surface area contributed by atoms with Gasteiger partial charge in [-0.2, -0.15) is 0 Å². The van der Waals surface area contributed by atoms with E-state index in [1.807, 2.05) is 13.0 Å². The van der Waals surface area contributed by atoms with Gasteiger partial charge < -0.3 is 9.84 Å². The van der Waals surface area contributed by atoms with Gasteiger partial charge in [0.15, 0.2) is 0 Å². The van der Waals surface area contributed by atoms with E-state index < -0.39 is 0 Å². The maximum Gasteiger partial charge on any atom is 0.261 e. The van der Waals surface area contributed by atoms with Gasteiger partial charge in [0.25, 0.3) is 5.91 Å². The number of halogens is 2. The number of nitrogens with one attached hydrogen (secondary N) is 1. The molecule has 0 aliphatic carbocycles. The Morgan fingerprint density at radius 3 is 2.54 bits per heavy atom. The lowest BCUT2D eigenvalue weighted by molar-refractivity contribution is 0.102. The number of carbonyl (C=O) groups is 1. The van der Waals surface area contributed by atoms with Gasteiger partial charge in [0, 0.05) is 21.3 Å². The summed E-state index contributed by atoms with van der Waals surface area (Å²) in [5.74, 6) is 0.142. The maximum atomic E-state index is 12.7. The average Bonchev–Trinajstić information content (AvgIpc) is 2.92. The second kappa shape index (κ2) is 6.67. The molecule has 0 fully saturated rings. The van der Waals surface area contributed by atoms with Crippen molar-refractivity contribution in [2.75, 3.05) is 5.32 Å². The van der Waals surface area contributed by atoms with Crippen LogP contribution in [0.2, 0.25) is 10.0 Å². The first kappa shape index (κ1) is 16.6. The van der Waals surface area contributed by atoms with Gasteiger partial charge in [-0.15, -0.1) is 0 Å². The predicted octanol–water partition coefficient (Wildman–Crippen LogP) is 5.52. The van der Waals surface area contributed by atoms with Crippen LogP contribution in [0.15, 0.2) is 47.0 Å². The van der Waals surface area contributed by atoms with Gasteiger partial charge in [0.1, 0.15) is 17.0 Å². The standard InChI is InChI=1S/C18H14Cl2N2O2/c1-10-8-14(20)6-7-15(10)21-18(23)16-11(2)24-22-17(16)12-4-3-5-13(19)9-12/h3-9H,1-2H3,(H,21,23). The molecular weight excluding hydrogens is 347 g/mol. The van der Waals surface area contributed by atoms with E-state index in [9.17, 15) is 4.79 Å². The first-order valence-corrected chi connectivity index (χ1v) is 8.01. The minimum Gasteiger partial charge on any atom is -0.360 e. The predicted molar refractivity (Wildman–Crippen MR) is 95.8 cm³/mol. The zero-order valence-electron chi connectivity index (χ0n) is 13.1. The van der Waals surface area contributed by atoms with Crippen LogP contribution in [0.25, 0.3) is 11.3 Å². The Labute approximate surface area is 149 Å². The lowest BCUT2D eigenvalue weighted by Gasteiger charge is -2.09. The molecule has 0 aliphatic rings. The van der Waals surface area contributed by atoms with Crippen LogP contribution in [0, 0.1) is 13.8 Å². The highest BCUT2D eigenvalue weighted by atomic mass is 35.5. The van der Waals surface area contributed by atoms with E-state index in [4.69, 9.17) is 27.7 Å². The number of amides is 1. The lowest BCUT2D eigenvalue weighted by atomic mass is 10.1. The third-order valence-electron chi connectivity index (χ3n) is 3.62. The lowest BCUT2D eigenvalue weighted by Crippen LogP contribution is -2.14. The fraction of sp³-hybridized carbons (Fsp3) is 0.111. The number of nitrogens with zero attached hydrogens (tertiary/aromatic N) is 1. The summed E-state index contributed by atoms with van der Waals surface area (Å²) in [5, 5.41) is 8.07. The fourth-order valence-electron chi connectivity index (χ4n) is 2.42. The minimum atomic E-state index is -0.297. The van der Waals surface area contributed by atoms with Crippen LogP contribution >= 0.6 is 23.2 Å². The summed E-state index contributed by atoms with van der Waals surface area (Å²) < 4.78 is 5.22. The summed E-state index contributed by atoms with van der Waals surface area (Å²) >= 11 is 12.0. The molecule has 1 amide bonds. The number of hydrogen-bond donors (Lipinski definition) is 1. The number of aromatic nitrogens is 1. The smallest absolute Gasteiger partial charge is 0.261 e. The minimum absolute atomic E-state index is 0.297. The van der Waals surface area contributed by atoms with Crippen molar-refractivity contribution in [3.8, 4) is 11.3 Å². The van der Waals surface area contributed by atoms with Crippen LogP contribution in [0.5, 0.6) is 0 Å². The molecule has 0 spiro atoms. The molecule has 0 atom stereocenters. The van der Waals surface area contributed by atoms with E-state index in [1.54, 1.807) is 43.3 Å². The first-order valence-electron chi connectivity index (χ1n) is 7.25. The summed E-state index contributed by atoms with van der Waals surface area (Å²) in [7, 11) is 0. The van der Waals surface area contributed by atoms with Crippen LogP contribution < -0.4 is 5.32 Å². The van der Waals surface area contributed by atoms with Crippen LogP contribution in [0.4, 0.5) is 5.69 Å². The van der Waals surface area contributed by atoms with Crippen molar-refractivity contribution in [2.45, 2.75) is 13.8 Å². The van der Waals surface area contributed by atoms with Gasteiger partial charge in [-0.3, -0.25) is 4.79 Å². The normalized spacial score (nSPS) is 10.7. The summed E-state index contributed by atoms with van der Waals surface area (Å²) in [6, 6.07) is 12.4. The average molecular weight is 361 g/mol. The number of aryl methyl sites for hydroxylation is 2. The van der Waals surface area contributed by atoms with Crippen LogP contribution in [-0.4, -0.2) is 11.1 Å². The van der Waals surface area contributed by atoms with Crippen molar-refractivity contribution in [3.05, 3.63) is 69.4 Å². The molecule has 0 saturated heterocycles.